The fourth-order valence-electron chi connectivity index (χ4n) is 3.79. The number of amides is 1. The van der Waals surface area contributed by atoms with E-state index >= 15 is 0 Å². The lowest BCUT2D eigenvalue weighted by Crippen LogP contribution is -2.09. The van der Waals surface area contributed by atoms with Crippen LogP contribution in [0.4, 0.5) is 22.7 Å². The molecule has 0 spiro atoms. The molecule has 0 saturated carbocycles. The van der Waals surface area contributed by atoms with Crippen molar-refractivity contribution in [3.8, 4) is 0 Å². The number of anilines is 4. The van der Waals surface area contributed by atoms with Crippen molar-refractivity contribution in [1.29, 1.82) is 0 Å². The van der Waals surface area contributed by atoms with E-state index in [2.05, 4.69) is 46.6 Å². The molecule has 31 heavy (non-hydrogen) atoms. The van der Waals surface area contributed by atoms with Gasteiger partial charge in [0.1, 0.15) is 0 Å². The lowest BCUT2D eigenvalue weighted by atomic mass is 10.0. The minimum Gasteiger partial charge on any atom is -0.321 e. The van der Waals surface area contributed by atoms with Crippen molar-refractivity contribution in [1.82, 2.24) is 0 Å². The Kier molecular flexibility index (Phi) is 5.03. The maximum absolute atomic E-state index is 12.5. The average molecular weight is 423 g/mol. The zero-order valence-electron chi connectivity index (χ0n) is 16.6. The molecule has 0 bridgehead atoms. The van der Waals surface area contributed by atoms with Gasteiger partial charge in [-0.3, -0.25) is 4.79 Å². The third-order valence-corrected chi connectivity index (χ3v) is 5.49. The molecule has 0 radical (unpaired) electrons. The molecule has 1 heterocycles. The second-order valence-corrected chi connectivity index (χ2v) is 7.74. The van der Waals surface area contributed by atoms with Gasteiger partial charge in [0, 0.05) is 38.9 Å². The molecule has 4 heteroatoms. The Hall–Kier alpha value is -3.82. The van der Waals surface area contributed by atoms with Gasteiger partial charge in [0.15, 0.2) is 0 Å². The number of carbonyl (C=O) groups excluding carboxylic acids is 1. The predicted octanol–water partition coefficient (Wildman–Crippen LogP) is 7.30. The summed E-state index contributed by atoms with van der Waals surface area (Å²) in [6.07, 6.45) is 1.90. The van der Waals surface area contributed by atoms with E-state index < -0.39 is 0 Å². The molecule has 0 aromatic heterocycles. The van der Waals surface area contributed by atoms with Gasteiger partial charge in [-0.05, 0) is 66.2 Å². The fourth-order valence-corrected chi connectivity index (χ4v) is 3.96. The topological polar surface area (TPSA) is 32.3 Å². The zero-order chi connectivity index (χ0) is 21.2. The van der Waals surface area contributed by atoms with Crippen molar-refractivity contribution in [3.63, 3.8) is 0 Å². The Balaban J connectivity index is 1.52. The first kappa shape index (κ1) is 19.2. The molecule has 0 atom stereocenters. The van der Waals surface area contributed by atoms with E-state index in [4.69, 9.17) is 11.6 Å². The van der Waals surface area contributed by atoms with Crippen LogP contribution in [0.3, 0.4) is 0 Å². The van der Waals surface area contributed by atoms with E-state index in [0.29, 0.717) is 10.6 Å². The molecule has 0 aliphatic carbocycles. The van der Waals surface area contributed by atoms with E-state index in [9.17, 15) is 4.79 Å². The largest absolute Gasteiger partial charge is 0.321 e. The maximum Gasteiger partial charge on any atom is 0.256 e. The van der Waals surface area contributed by atoms with Gasteiger partial charge in [0.2, 0.25) is 0 Å². The molecule has 1 aliphatic rings. The first-order valence-electron chi connectivity index (χ1n) is 10.0. The van der Waals surface area contributed by atoms with E-state index in [1.54, 1.807) is 6.07 Å². The smallest absolute Gasteiger partial charge is 0.256 e. The summed E-state index contributed by atoms with van der Waals surface area (Å²) in [6, 6.07) is 34.1. The summed E-state index contributed by atoms with van der Waals surface area (Å²) in [4.78, 5) is 14.7. The second kappa shape index (κ2) is 8.13. The van der Waals surface area contributed by atoms with E-state index in [-0.39, 0.29) is 5.91 Å². The van der Waals surface area contributed by atoms with Crippen molar-refractivity contribution in [3.05, 3.63) is 119 Å². The Bertz CT molecular complexity index is 1230. The lowest BCUT2D eigenvalue weighted by Gasteiger charge is -2.25. The normalized spacial score (nSPS) is 13.7. The number of hydrogen-bond donors (Lipinski definition) is 1. The van der Waals surface area contributed by atoms with Crippen LogP contribution in [0.25, 0.3) is 11.6 Å². The number of fused-ring (bicyclic) bond motifs is 1. The number of nitrogens with one attached hydrogen (secondary N) is 1. The molecule has 4 aromatic carbocycles. The van der Waals surface area contributed by atoms with Crippen molar-refractivity contribution in [2.24, 2.45) is 0 Å². The summed E-state index contributed by atoms with van der Waals surface area (Å²) >= 11 is 6.14. The van der Waals surface area contributed by atoms with Crippen LogP contribution >= 0.6 is 11.6 Å². The minimum atomic E-state index is -0.114. The lowest BCUT2D eigenvalue weighted by molar-refractivity contribution is -0.110. The molecule has 1 N–H and O–H groups in total. The van der Waals surface area contributed by atoms with Gasteiger partial charge in [0.05, 0.1) is 0 Å². The molecule has 0 fully saturated rings. The van der Waals surface area contributed by atoms with Gasteiger partial charge in [-0.1, -0.05) is 60.1 Å². The van der Waals surface area contributed by atoms with Crippen LogP contribution in [-0.4, -0.2) is 5.91 Å². The molecule has 0 unspecified atom stereocenters. The number of hydrogen-bond acceptors (Lipinski definition) is 2. The molecule has 4 aromatic rings. The third kappa shape index (κ3) is 3.83. The number of nitrogens with zero attached hydrogens (tertiary/aromatic N) is 1. The molecule has 150 valence electrons. The zero-order valence-corrected chi connectivity index (χ0v) is 17.4. The van der Waals surface area contributed by atoms with Crippen LogP contribution in [0.5, 0.6) is 0 Å². The van der Waals surface area contributed by atoms with Crippen LogP contribution in [0.2, 0.25) is 5.02 Å². The first-order valence-corrected chi connectivity index (χ1v) is 10.4. The quantitative estimate of drug-likeness (QED) is 0.350. The van der Waals surface area contributed by atoms with Crippen LogP contribution in [0.15, 0.2) is 103 Å². The van der Waals surface area contributed by atoms with Gasteiger partial charge in [0.25, 0.3) is 5.91 Å². The Morgan fingerprint density at radius 3 is 1.90 bits per heavy atom. The van der Waals surface area contributed by atoms with Gasteiger partial charge >= 0.3 is 0 Å². The van der Waals surface area contributed by atoms with Crippen LogP contribution in [-0.2, 0) is 4.79 Å². The van der Waals surface area contributed by atoms with Crippen LogP contribution in [0.1, 0.15) is 11.1 Å². The number of halogens is 1. The van der Waals surface area contributed by atoms with Crippen LogP contribution < -0.4 is 10.2 Å². The summed E-state index contributed by atoms with van der Waals surface area (Å²) in [7, 11) is 0. The average Bonchev–Trinajstić information content (AvgIpc) is 3.11. The SMILES string of the molecule is O=C1Nc2ccc(Cl)cc2C1=Cc1ccc(N(c2ccccc2)c2ccccc2)cc1. The van der Waals surface area contributed by atoms with E-state index in [1.165, 1.54) is 0 Å². The Labute approximate surface area is 186 Å². The number of benzene rings is 4. The first-order chi connectivity index (χ1) is 15.2. The van der Waals surface area contributed by atoms with Gasteiger partial charge in [-0.25, -0.2) is 0 Å². The molecule has 0 saturated heterocycles. The van der Waals surface area contributed by atoms with Crippen molar-refractivity contribution in [2.45, 2.75) is 0 Å². The highest BCUT2D eigenvalue weighted by atomic mass is 35.5. The van der Waals surface area contributed by atoms with E-state index in [0.717, 1.165) is 33.9 Å². The Morgan fingerprint density at radius 2 is 1.29 bits per heavy atom. The molecule has 1 aliphatic heterocycles. The van der Waals surface area contributed by atoms with Crippen molar-refractivity contribution >= 4 is 51.9 Å². The maximum atomic E-state index is 12.5. The van der Waals surface area contributed by atoms with Crippen molar-refractivity contribution < 1.29 is 4.79 Å². The summed E-state index contributed by atoms with van der Waals surface area (Å²) in [6.45, 7) is 0. The van der Waals surface area contributed by atoms with E-state index in [1.807, 2.05) is 66.7 Å². The summed E-state index contributed by atoms with van der Waals surface area (Å²) in [5.41, 5.74) is 6.39. The van der Waals surface area contributed by atoms with Crippen LogP contribution in [0, 0.1) is 0 Å². The van der Waals surface area contributed by atoms with Gasteiger partial charge < -0.3 is 10.2 Å². The Morgan fingerprint density at radius 1 is 0.710 bits per heavy atom. The fraction of sp³-hybridized carbons (Fsp3) is 0. The summed E-state index contributed by atoms with van der Waals surface area (Å²) in [5, 5.41) is 3.50. The molecule has 3 nitrogen and oxygen atoms in total. The predicted molar refractivity (Wildman–Crippen MR) is 129 cm³/mol. The molecular weight excluding hydrogens is 404 g/mol. The summed E-state index contributed by atoms with van der Waals surface area (Å²) in [5.74, 6) is -0.114. The minimum absolute atomic E-state index is 0.114. The van der Waals surface area contributed by atoms with Crippen molar-refractivity contribution in [2.75, 3.05) is 10.2 Å². The monoisotopic (exact) mass is 422 g/mol. The number of para-hydroxylation sites is 2. The van der Waals surface area contributed by atoms with Gasteiger partial charge in [-0.2, -0.15) is 0 Å². The molecule has 5 rings (SSSR count). The molecular formula is C27H19ClN2O. The highest BCUT2D eigenvalue weighted by Crippen LogP contribution is 2.37. The molecule has 1 amide bonds. The number of rotatable bonds is 4. The summed E-state index contributed by atoms with van der Waals surface area (Å²) < 4.78 is 0. The highest BCUT2D eigenvalue weighted by Gasteiger charge is 2.24. The van der Waals surface area contributed by atoms with Gasteiger partial charge in [-0.15, -0.1) is 0 Å². The third-order valence-electron chi connectivity index (χ3n) is 5.26. The number of carbonyl (C=O) groups is 1. The standard InChI is InChI=1S/C27H19ClN2O/c28-20-13-16-26-24(18-20)25(27(31)29-26)17-19-11-14-23(15-12-19)30(21-7-3-1-4-8-21)22-9-5-2-6-10-22/h1-18H,(H,29,31). The second-order valence-electron chi connectivity index (χ2n) is 7.30. The highest BCUT2D eigenvalue weighted by molar-refractivity contribution is 6.36.